The first-order valence-electron chi connectivity index (χ1n) is 9.07. The number of ether oxygens (including phenoxy) is 1. The van der Waals surface area contributed by atoms with Crippen molar-refractivity contribution >= 4 is 24.2 Å². The van der Waals surface area contributed by atoms with Crippen LogP contribution in [0.3, 0.4) is 0 Å². The monoisotopic (exact) mass is 386 g/mol. The van der Waals surface area contributed by atoms with Gasteiger partial charge in [-0.05, 0) is 37.8 Å². The maximum atomic E-state index is 13.2. The number of nitrogens with zero attached hydrogens (tertiary/aromatic N) is 2. The Morgan fingerprint density at radius 2 is 1.85 bits per heavy atom. The Hall–Kier alpha value is -1.36. The molecule has 7 nitrogen and oxygen atoms in total. The molecule has 2 saturated heterocycles. The van der Waals surface area contributed by atoms with Gasteiger partial charge in [-0.1, -0.05) is 20.8 Å². The number of morpholine rings is 1. The SMILES string of the molecule is CC(C)(C)CC(NC(=O)N1CCOCC1)C(=O)C1(C#N)CCNCC1.Cl. The summed E-state index contributed by atoms with van der Waals surface area (Å²) in [7, 11) is 0. The Morgan fingerprint density at radius 1 is 1.27 bits per heavy atom. The van der Waals surface area contributed by atoms with Gasteiger partial charge in [0.25, 0.3) is 0 Å². The average molecular weight is 387 g/mol. The fourth-order valence-electron chi connectivity index (χ4n) is 3.43. The molecule has 0 aromatic rings. The molecule has 0 bridgehead atoms. The van der Waals surface area contributed by atoms with Crippen LogP contribution < -0.4 is 10.6 Å². The number of hydrogen-bond donors (Lipinski definition) is 2. The number of halogens is 1. The van der Waals surface area contributed by atoms with Crippen LogP contribution in [0.15, 0.2) is 0 Å². The van der Waals surface area contributed by atoms with Crippen LogP contribution in [-0.2, 0) is 9.53 Å². The number of amides is 2. The van der Waals surface area contributed by atoms with Crippen molar-refractivity contribution in [3.63, 3.8) is 0 Å². The zero-order valence-electron chi connectivity index (χ0n) is 16.0. The van der Waals surface area contributed by atoms with Crippen LogP contribution in [0.25, 0.3) is 0 Å². The van der Waals surface area contributed by atoms with Crippen LogP contribution >= 0.6 is 12.4 Å². The smallest absolute Gasteiger partial charge is 0.318 e. The van der Waals surface area contributed by atoms with Gasteiger partial charge in [-0.25, -0.2) is 4.79 Å². The number of ketones is 1. The van der Waals surface area contributed by atoms with Crippen molar-refractivity contribution in [3.05, 3.63) is 0 Å². The van der Waals surface area contributed by atoms with Gasteiger partial charge in [0.05, 0.1) is 25.3 Å². The van der Waals surface area contributed by atoms with Gasteiger partial charge in [0.15, 0.2) is 5.78 Å². The van der Waals surface area contributed by atoms with E-state index in [1.165, 1.54) is 0 Å². The minimum Gasteiger partial charge on any atom is -0.378 e. The summed E-state index contributed by atoms with van der Waals surface area (Å²) in [4.78, 5) is 27.5. The standard InChI is InChI=1S/C18H30N4O3.ClH/c1-17(2,3)12-14(21-16(24)22-8-10-25-11-9-22)15(23)18(13-19)4-6-20-7-5-18;/h14,20H,4-12H2,1-3H3,(H,21,24);1H. The molecular formula is C18H31ClN4O3. The van der Waals surface area contributed by atoms with Gasteiger partial charge < -0.3 is 20.3 Å². The number of nitriles is 1. The molecule has 2 rings (SSSR count). The molecule has 0 aromatic carbocycles. The molecule has 0 saturated carbocycles. The van der Waals surface area contributed by atoms with E-state index in [0.717, 1.165) is 0 Å². The normalized spacial score (nSPS) is 21.1. The van der Waals surface area contributed by atoms with Crippen molar-refractivity contribution in [2.24, 2.45) is 10.8 Å². The number of Topliss-reactive ketones (excluding diaryl/α,β-unsaturated/α-hetero) is 1. The van der Waals surface area contributed by atoms with E-state index in [0.29, 0.717) is 58.7 Å². The first-order chi connectivity index (χ1) is 11.8. The van der Waals surface area contributed by atoms with Crippen molar-refractivity contribution in [3.8, 4) is 6.07 Å². The average Bonchev–Trinajstić information content (AvgIpc) is 2.60. The minimum atomic E-state index is -1.00. The molecule has 2 N–H and O–H groups in total. The molecule has 2 aliphatic rings. The largest absolute Gasteiger partial charge is 0.378 e. The Labute approximate surface area is 162 Å². The molecule has 148 valence electrons. The molecule has 8 heteroatoms. The zero-order chi connectivity index (χ0) is 18.5. The molecular weight excluding hydrogens is 356 g/mol. The van der Waals surface area contributed by atoms with E-state index in [2.05, 4.69) is 16.7 Å². The third kappa shape index (κ3) is 5.83. The minimum absolute atomic E-state index is 0. The van der Waals surface area contributed by atoms with Crippen LogP contribution in [0.5, 0.6) is 0 Å². The van der Waals surface area contributed by atoms with Gasteiger partial charge in [0.2, 0.25) is 0 Å². The van der Waals surface area contributed by atoms with E-state index in [-0.39, 0.29) is 29.6 Å². The van der Waals surface area contributed by atoms with E-state index >= 15 is 0 Å². The number of nitrogens with one attached hydrogen (secondary N) is 2. The van der Waals surface area contributed by atoms with Gasteiger partial charge in [-0.2, -0.15) is 5.26 Å². The number of rotatable bonds is 4. The third-order valence-electron chi connectivity index (χ3n) is 4.87. The molecule has 0 radical (unpaired) electrons. The van der Waals surface area contributed by atoms with Crippen molar-refractivity contribution in [2.45, 2.75) is 46.1 Å². The van der Waals surface area contributed by atoms with Crippen LogP contribution in [-0.4, -0.2) is 62.1 Å². The number of carbonyl (C=O) groups is 2. The highest BCUT2D eigenvalue weighted by molar-refractivity contribution is 5.95. The summed E-state index contributed by atoms with van der Waals surface area (Å²) in [5, 5.41) is 15.8. The molecule has 0 aliphatic carbocycles. The predicted molar refractivity (Wildman–Crippen MR) is 101 cm³/mol. The third-order valence-corrected chi connectivity index (χ3v) is 4.87. The van der Waals surface area contributed by atoms with Crippen molar-refractivity contribution in [2.75, 3.05) is 39.4 Å². The highest BCUT2D eigenvalue weighted by Crippen LogP contribution is 2.33. The molecule has 1 unspecified atom stereocenters. The molecule has 2 amide bonds. The lowest BCUT2D eigenvalue weighted by Crippen LogP contribution is -2.56. The summed E-state index contributed by atoms with van der Waals surface area (Å²) in [6.07, 6.45) is 1.51. The van der Waals surface area contributed by atoms with Gasteiger partial charge in [-0.3, -0.25) is 4.79 Å². The lowest BCUT2D eigenvalue weighted by molar-refractivity contribution is -0.129. The van der Waals surface area contributed by atoms with Gasteiger partial charge in [0, 0.05) is 13.1 Å². The summed E-state index contributed by atoms with van der Waals surface area (Å²) in [6.45, 7) is 9.49. The highest BCUT2D eigenvalue weighted by atomic mass is 35.5. The summed E-state index contributed by atoms with van der Waals surface area (Å²) < 4.78 is 5.27. The Balaban J connectivity index is 0.00000338. The van der Waals surface area contributed by atoms with Crippen LogP contribution in [0.4, 0.5) is 4.79 Å². The highest BCUT2D eigenvalue weighted by Gasteiger charge is 2.44. The second-order valence-corrected chi connectivity index (χ2v) is 8.17. The van der Waals surface area contributed by atoms with Crippen molar-refractivity contribution in [1.82, 2.24) is 15.5 Å². The van der Waals surface area contributed by atoms with Gasteiger partial charge in [0.1, 0.15) is 5.41 Å². The first kappa shape index (κ1) is 22.7. The van der Waals surface area contributed by atoms with Crippen molar-refractivity contribution < 1.29 is 14.3 Å². The molecule has 2 fully saturated rings. The molecule has 0 spiro atoms. The Morgan fingerprint density at radius 3 is 2.35 bits per heavy atom. The van der Waals surface area contributed by atoms with E-state index in [1.807, 2.05) is 20.8 Å². The van der Waals surface area contributed by atoms with Crippen LogP contribution in [0, 0.1) is 22.2 Å². The Kier molecular flexibility index (Phi) is 8.32. The lowest BCUT2D eigenvalue weighted by atomic mass is 9.72. The summed E-state index contributed by atoms with van der Waals surface area (Å²) in [6, 6.07) is 1.37. The summed E-state index contributed by atoms with van der Waals surface area (Å²) in [5.41, 5.74) is -1.14. The van der Waals surface area contributed by atoms with Crippen LogP contribution in [0.1, 0.15) is 40.0 Å². The molecule has 2 aliphatic heterocycles. The van der Waals surface area contributed by atoms with E-state index in [4.69, 9.17) is 4.74 Å². The maximum Gasteiger partial charge on any atom is 0.318 e. The van der Waals surface area contributed by atoms with E-state index < -0.39 is 11.5 Å². The fourth-order valence-corrected chi connectivity index (χ4v) is 3.43. The number of piperidine rings is 1. The summed E-state index contributed by atoms with van der Waals surface area (Å²) >= 11 is 0. The fraction of sp³-hybridized carbons (Fsp3) is 0.833. The van der Waals surface area contributed by atoms with E-state index in [9.17, 15) is 14.9 Å². The molecule has 26 heavy (non-hydrogen) atoms. The topological polar surface area (TPSA) is 94.5 Å². The lowest BCUT2D eigenvalue weighted by Gasteiger charge is -2.36. The maximum absolute atomic E-state index is 13.2. The van der Waals surface area contributed by atoms with Gasteiger partial charge in [-0.15, -0.1) is 12.4 Å². The van der Waals surface area contributed by atoms with E-state index in [1.54, 1.807) is 4.90 Å². The Bertz CT molecular complexity index is 530. The molecule has 0 aromatic heterocycles. The zero-order valence-corrected chi connectivity index (χ0v) is 16.8. The quantitative estimate of drug-likeness (QED) is 0.767. The number of carbonyl (C=O) groups excluding carboxylic acids is 2. The first-order valence-corrected chi connectivity index (χ1v) is 9.07. The second-order valence-electron chi connectivity index (χ2n) is 8.17. The second kappa shape index (κ2) is 9.54. The molecule has 2 heterocycles. The predicted octanol–water partition coefficient (Wildman–Crippen LogP) is 1.72. The van der Waals surface area contributed by atoms with Crippen LogP contribution in [0.2, 0.25) is 0 Å². The molecule has 1 atom stereocenters. The number of hydrogen-bond acceptors (Lipinski definition) is 5. The van der Waals surface area contributed by atoms with Crippen molar-refractivity contribution in [1.29, 1.82) is 5.26 Å². The van der Waals surface area contributed by atoms with Gasteiger partial charge >= 0.3 is 6.03 Å². The summed E-state index contributed by atoms with van der Waals surface area (Å²) in [5.74, 6) is -0.145. The number of urea groups is 1.